The Hall–Kier alpha value is -2.04. The van der Waals surface area contributed by atoms with E-state index in [4.69, 9.17) is 19.3 Å². The number of carbonyl (C=O) groups is 4. The second-order valence-corrected chi connectivity index (χ2v) is 10.3. The zero-order chi connectivity index (χ0) is 26.3. The highest BCUT2D eigenvalue weighted by Gasteiger charge is 2.53. The van der Waals surface area contributed by atoms with Gasteiger partial charge in [0.25, 0.3) is 5.91 Å². The van der Waals surface area contributed by atoms with Crippen molar-refractivity contribution in [2.75, 3.05) is 20.8 Å². The molecule has 0 aliphatic carbocycles. The predicted molar refractivity (Wildman–Crippen MR) is 125 cm³/mol. The van der Waals surface area contributed by atoms with E-state index in [-0.39, 0.29) is 36.4 Å². The minimum Gasteiger partial charge on any atom is -0.469 e. The number of rotatable bonds is 8. The fraction of sp³-hybridized carbons (Fsp3) is 0.840. The summed E-state index contributed by atoms with van der Waals surface area (Å²) in [5.74, 6) is -1.27. The number of carbonyl (C=O) groups excluding carboxylic acids is 4. The Kier molecular flexibility index (Phi) is 9.84. The number of piperidine rings is 1. The van der Waals surface area contributed by atoms with Crippen LogP contribution in [-0.4, -0.2) is 72.1 Å². The maximum atomic E-state index is 12.0. The summed E-state index contributed by atoms with van der Waals surface area (Å²) in [6, 6.07) is 0. The van der Waals surface area contributed by atoms with Crippen molar-refractivity contribution in [3.63, 3.8) is 0 Å². The van der Waals surface area contributed by atoms with Crippen LogP contribution in [0.25, 0.3) is 0 Å². The van der Waals surface area contributed by atoms with Crippen molar-refractivity contribution in [2.24, 2.45) is 0 Å². The van der Waals surface area contributed by atoms with Gasteiger partial charge in [0.05, 0.1) is 25.4 Å². The van der Waals surface area contributed by atoms with Crippen molar-refractivity contribution in [3.05, 3.63) is 0 Å². The second-order valence-electron chi connectivity index (χ2n) is 10.3. The Morgan fingerprint density at radius 1 is 0.943 bits per heavy atom. The predicted octanol–water partition coefficient (Wildman–Crippen LogP) is 2.33. The van der Waals surface area contributed by atoms with Crippen LogP contribution in [0.4, 0.5) is 0 Å². The van der Waals surface area contributed by atoms with Crippen molar-refractivity contribution in [1.82, 2.24) is 5.32 Å². The highest BCUT2D eigenvalue weighted by Crippen LogP contribution is 2.44. The van der Waals surface area contributed by atoms with Crippen LogP contribution < -0.4 is 5.32 Å². The van der Waals surface area contributed by atoms with Gasteiger partial charge in [-0.15, -0.1) is 0 Å². The Balaban J connectivity index is 0.000000250. The standard InChI is InChI=1S/C14H24O5.C11H17NO4/c1-5-7-13(2)9-10-14(19-13,12(16)18-4)8-6-11(15)17-3;1-10(6-7-13)4-5-11(16-10)3-2-8(14)12-9(11)15/h5-10H2,1-4H3;13H,2-7H2,1H3,(H,12,14,15). The third-order valence-corrected chi connectivity index (χ3v) is 7.36. The Morgan fingerprint density at radius 2 is 1.60 bits per heavy atom. The summed E-state index contributed by atoms with van der Waals surface area (Å²) >= 11 is 0. The summed E-state index contributed by atoms with van der Waals surface area (Å²) < 4.78 is 21.4. The van der Waals surface area contributed by atoms with Gasteiger partial charge in [0.1, 0.15) is 5.60 Å². The molecule has 4 unspecified atom stereocenters. The van der Waals surface area contributed by atoms with Gasteiger partial charge in [0.15, 0.2) is 5.60 Å². The molecule has 0 aromatic carbocycles. The first-order valence-corrected chi connectivity index (χ1v) is 12.4. The van der Waals surface area contributed by atoms with Gasteiger partial charge in [0.2, 0.25) is 5.91 Å². The maximum Gasteiger partial charge on any atom is 0.338 e. The molecule has 10 heteroatoms. The van der Waals surface area contributed by atoms with Crippen LogP contribution in [0, 0.1) is 0 Å². The lowest BCUT2D eigenvalue weighted by Gasteiger charge is -2.34. The van der Waals surface area contributed by atoms with E-state index in [2.05, 4.69) is 17.0 Å². The summed E-state index contributed by atoms with van der Waals surface area (Å²) in [5, 5.41) is 11.3. The number of nitrogens with one attached hydrogen (secondary N) is 1. The Morgan fingerprint density at radius 3 is 2.17 bits per heavy atom. The molecule has 3 fully saturated rings. The first-order chi connectivity index (χ1) is 16.4. The average Bonchev–Trinajstić information content (AvgIpc) is 3.34. The molecule has 2 N–H and O–H groups in total. The average molecular weight is 500 g/mol. The van der Waals surface area contributed by atoms with Crippen LogP contribution >= 0.6 is 0 Å². The second kappa shape index (κ2) is 11.8. The van der Waals surface area contributed by atoms with Crippen molar-refractivity contribution >= 4 is 23.8 Å². The van der Waals surface area contributed by atoms with Gasteiger partial charge in [-0.3, -0.25) is 19.7 Å². The van der Waals surface area contributed by atoms with Crippen molar-refractivity contribution in [1.29, 1.82) is 0 Å². The highest BCUT2D eigenvalue weighted by atomic mass is 16.6. The Bertz CT molecular complexity index is 802. The summed E-state index contributed by atoms with van der Waals surface area (Å²) in [4.78, 5) is 46.2. The number of aliphatic hydroxyl groups excluding tert-OH is 1. The normalized spacial score (nSPS) is 34.2. The number of esters is 2. The number of ether oxygens (including phenoxy) is 4. The molecule has 0 bridgehead atoms. The summed E-state index contributed by atoms with van der Waals surface area (Å²) in [6.45, 7) is 6.05. The molecule has 0 aromatic rings. The molecule has 3 aliphatic heterocycles. The molecule has 3 heterocycles. The molecular weight excluding hydrogens is 458 g/mol. The van der Waals surface area contributed by atoms with Crippen molar-refractivity contribution in [2.45, 2.75) is 114 Å². The van der Waals surface area contributed by atoms with Gasteiger partial charge in [0, 0.05) is 19.4 Å². The van der Waals surface area contributed by atoms with Crippen LogP contribution in [-0.2, 0) is 38.1 Å². The molecule has 3 rings (SSSR count). The van der Waals surface area contributed by atoms with Crippen LogP contribution in [0.5, 0.6) is 0 Å². The number of hydrogen-bond acceptors (Lipinski definition) is 9. The van der Waals surface area contributed by atoms with E-state index in [0.29, 0.717) is 38.5 Å². The fourth-order valence-electron chi connectivity index (χ4n) is 5.28. The summed E-state index contributed by atoms with van der Waals surface area (Å²) in [6.07, 6.45) is 6.44. The number of amides is 2. The topological polar surface area (TPSA) is 137 Å². The quantitative estimate of drug-likeness (QED) is 0.381. The largest absolute Gasteiger partial charge is 0.469 e. The van der Waals surface area contributed by atoms with E-state index in [0.717, 1.165) is 25.7 Å². The first kappa shape index (κ1) is 29.2. The lowest BCUT2D eigenvalue weighted by Crippen LogP contribution is -2.54. The van der Waals surface area contributed by atoms with Crippen LogP contribution in [0.1, 0.15) is 91.4 Å². The summed E-state index contributed by atoms with van der Waals surface area (Å²) in [5.41, 5.74) is -2.57. The highest BCUT2D eigenvalue weighted by molar-refractivity contribution is 6.02. The van der Waals surface area contributed by atoms with Crippen molar-refractivity contribution in [3.8, 4) is 0 Å². The van der Waals surface area contributed by atoms with Crippen LogP contribution in [0.3, 0.4) is 0 Å². The maximum absolute atomic E-state index is 12.0. The molecule has 0 radical (unpaired) electrons. The molecule has 2 amide bonds. The van der Waals surface area contributed by atoms with E-state index in [9.17, 15) is 19.2 Å². The van der Waals surface area contributed by atoms with E-state index < -0.39 is 22.8 Å². The molecule has 3 aliphatic rings. The minimum absolute atomic E-state index is 0.0487. The van der Waals surface area contributed by atoms with E-state index in [1.54, 1.807) is 0 Å². The number of hydrogen-bond donors (Lipinski definition) is 2. The molecule has 0 aromatic heterocycles. The van der Waals surface area contributed by atoms with E-state index in [1.165, 1.54) is 14.2 Å². The molecule has 200 valence electrons. The van der Waals surface area contributed by atoms with Gasteiger partial charge in [-0.05, 0) is 65.2 Å². The van der Waals surface area contributed by atoms with Crippen LogP contribution in [0.15, 0.2) is 0 Å². The SMILES string of the molecule is CC1(CCO)CCC2(CCC(=O)NC2=O)O1.CCCC1(C)CCC(CCC(=O)OC)(C(=O)OC)O1. The minimum atomic E-state index is -0.993. The zero-order valence-corrected chi connectivity index (χ0v) is 21.7. The van der Waals surface area contributed by atoms with E-state index >= 15 is 0 Å². The fourth-order valence-corrected chi connectivity index (χ4v) is 5.28. The third-order valence-electron chi connectivity index (χ3n) is 7.36. The van der Waals surface area contributed by atoms with Crippen molar-refractivity contribution < 1.29 is 43.2 Å². The first-order valence-electron chi connectivity index (χ1n) is 12.4. The monoisotopic (exact) mass is 499 g/mol. The third kappa shape index (κ3) is 7.01. The molecule has 35 heavy (non-hydrogen) atoms. The number of methoxy groups -OCH3 is 2. The molecule has 4 atom stereocenters. The molecule has 10 nitrogen and oxygen atoms in total. The van der Waals surface area contributed by atoms with Crippen LogP contribution in [0.2, 0.25) is 0 Å². The molecule has 1 spiro atoms. The summed E-state index contributed by atoms with van der Waals surface area (Å²) in [7, 11) is 2.69. The van der Waals surface area contributed by atoms with Gasteiger partial charge in [-0.25, -0.2) is 4.79 Å². The van der Waals surface area contributed by atoms with Gasteiger partial charge < -0.3 is 24.1 Å². The van der Waals surface area contributed by atoms with Gasteiger partial charge in [-0.1, -0.05) is 13.3 Å². The molecular formula is C25H41NO9. The number of aliphatic hydroxyl groups is 1. The number of imide groups is 1. The van der Waals surface area contributed by atoms with E-state index in [1.807, 2.05) is 13.8 Å². The zero-order valence-electron chi connectivity index (χ0n) is 21.7. The van der Waals surface area contributed by atoms with Gasteiger partial charge in [-0.2, -0.15) is 0 Å². The molecule has 0 saturated carbocycles. The molecule has 3 saturated heterocycles. The van der Waals surface area contributed by atoms with Gasteiger partial charge >= 0.3 is 11.9 Å². The smallest absolute Gasteiger partial charge is 0.338 e. The lowest BCUT2D eigenvalue weighted by atomic mass is 9.88. The lowest BCUT2D eigenvalue weighted by molar-refractivity contribution is -0.178. The Labute approximate surface area is 207 Å².